The summed E-state index contributed by atoms with van der Waals surface area (Å²) in [6, 6.07) is 6.54. The number of benzene rings is 1. The van der Waals surface area contributed by atoms with Crippen LogP contribution in [0.2, 0.25) is 0 Å². The van der Waals surface area contributed by atoms with Crippen LogP contribution >= 0.6 is 11.8 Å². The van der Waals surface area contributed by atoms with E-state index in [2.05, 4.69) is 0 Å². The quantitative estimate of drug-likeness (QED) is 0.750. The van der Waals surface area contributed by atoms with Crippen LogP contribution in [0.25, 0.3) is 0 Å². The summed E-state index contributed by atoms with van der Waals surface area (Å²) >= 11 is 1.32. The van der Waals surface area contributed by atoms with Gasteiger partial charge >= 0.3 is 0 Å². The molecule has 0 amide bonds. The van der Waals surface area contributed by atoms with E-state index in [4.69, 9.17) is 10.8 Å². The molecule has 2 nitrogen and oxygen atoms in total. The fourth-order valence-electron chi connectivity index (χ4n) is 0.850. The zero-order chi connectivity index (χ0) is 10.6. The predicted octanol–water partition coefficient (Wildman–Crippen LogP) is 1.63. The topological polar surface area (TPSA) is 46.2 Å². The van der Waals surface area contributed by atoms with Gasteiger partial charge in [0.15, 0.2) is 0 Å². The molecule has 4 heteroatoms. The van der Waals surface area contributed by atoms with Crippen LogP contribution < -0.4 is 5.73 Å². The van der Waals surface area contributed by atoms with Crippen LogP contribution in [0.15, 0.2) is 29.2 Å². The van der Waals surface area contributed by atoms with Crippen LogP contribution in [0, 0.1) is 5.82 Å². The number of aliphatic hydroxyl groups is 1. The van der Waals surface area contributed by atoms with Gasteiger partial charge in [0.05, 0.1) is 6.61 Å². The molecule has 1 unspecified atom stereocenters. The first kappa shape index (κ1) is 11.5. The molecule has 1 aromatic carbocycles. The Labute approximate surface area is 87.3 Å². The van der Waals surface area contributed by atoms with Gasteiger partial charge < -0.3 is 10.8 Å². The van der Waals surface area contributed by atoms with Crippen LogP contribution in [0.3, 0.4) is 0 Å². The highest BCUT2D eigenvalue weighted by Crippen LogP contribution is 2.23. The zero-order valence-electron chi connectivity index (χ0n) is 8.03. The summed E-state index contributed by atoms with van der Waals surface area (Å²) in [7, 11) is 0. The van der Waals surface area contributed by atoms with E-state index in [0.29, 0.717) is 10.6 Å². The van der Waals surface area contributed by atoms with Crippen molar-refractivity contribution in [2.24, 2.45) is 5.73 Å². The third kappa shape index (κ3) is 3.29. The molecule has 0 aromatic heterocycles. The van der Waals surface area contributed by atoms with Gasteiger partial charge in [-0.25, -0.2) is 4.39 Å². The average molecular weight is 215 g/mol. The van der Waals surface area contributed by atoms with Crippen LogP contribution in [0.4, 0.5) is 4.39 Å². The van der Waals surface area contributed by atoms with Gasteiger partial charge in [-0.05, 0) is 19.1 Å². The number of thioether (sulfide) groups is 1. The van der Waals surface area contributed by atoms with Gasteiger partial charge in [0.1, 0.15) is 5.82 Å². The first-order valence-electron chi connectivity index (χ1n) is 4.32. The van der Waals surface area contributed by atoms with E-state index in [1.54, 1.807) is 25.1 Å². The molecule has 0 aliphatic heterocycles. The lowest BCUT2D eigenvalue weighted by molar-refractivity contribution is 0.224. The minimum Gasteiger partial charge on any atom is -0.394 e. The van der Waals surface area contributed by atoms with Gasteiger partial charge in [0, 0.05) is 16.2 Å². The van der Waals surface area contributed by atoms with E-state index in [1.165, 1.54) is 17.8 Å². The minimum absolute atomic E-state index is 0.103. The maximum Gasteiger partial charge on any atom is 0.136 e. The third-order valence-electron chi connectivity index (χ3n) is 1.76. The maximum absolute atomic E-state index is 13.1. The van der Waals surface area contributed by atoms with Crippen molar-refractivity contribution in [2.75, 3.05) is 12.4 Å². The van der Waals surface area contributed by atoms with Crippen molar-refractivity contribution in [1.29, 1.82) is 0 Å². The van der Waals surface area contributed by atoms with Gasteiger partial charge in [0.2, 0.25) is 0 Å². The Bertz CT molecular complexity index is 304. The van der Waals surface area contributed by atoms with Crippen molar-refractivity contribution in [2.45, 2.75) is 17.4 Å². The number of rotatable bonds is 4. The van der Waals surface area contributed by atoms with E-state index >= 15 is 0 Å². The van der Waals surface area contributed by atoms with Crippen LogP contribution in [-0.2, 0) is 0 Å². The normalized spacial score (nSPS) is 15.1. The third-order valence-corrected chi connectivity index (χ3v) is 3.20. The highest BCUT2D eigenvalue weighted by atomic mass is 32.2. The lowest BCUT2D eigenvalue weighted by Gasteiger charge is -2.20. The Hall–Kier alpha value is -0.580. The first-order valence-corrected chi connectivity index (χ1v) is 5.31. The standard InChI is InChI=1S/C10H14FNOS/c1-10(12,6-13)7-14-9-5-3-2-4-8(9)11/h2-5,13H,6-7,12H2,1H3. The summed E-state index contributed by atoms with van der Waals surface area (Å²) in [4.78, 5) is 0.567. The number of hydrogen-bond acceptors (Lipinski definition) is 3. The molecule has 1 aromatic rings. The molecule has 0 aliphatic carbocycles. The summed E-state index contributed by atoms with van der Waals surface area (Å²) in [6.07, 6.45) is 0. The number of halogens is 1. The van der Waals surface area contributed by atoms with Gasteiger partial charge in [-0.1, -0.05) is 12.1 Å². The Kier molecular flexibility index (Phi) is 3.92. The molecule has 0 radical (unpaired) electrons. The second-order valence-corrected chi connectivity index (χ2v) is 4.55. The smallest absolute Gasteiger partial charge is 0.136 e. The summed E-state index contributed by atoms with van der Waals surface area (Å²) in [6.45, 7) is 1.63. The number of aliphatic hydroxyl groups excluding tert-OH is 1. The van der Waals surface area contributed by atoms with Gasteiger partial charge in [-0.2, -0.15) is 0 Å². The zero-order valence-corrected chi connectivity index (χ0v) is 8.85. The SMILES string of the molecule is CC(N)(CO)CSc1ccccc1F. The Morgan fingerprint density at radius 2 is 2.14 bits per heavy atom. The Balaban J connectivity index is 2.58. The molecular formula is C10H14FNOS. The van der Waals surface area contributed by atoms with Crippen LogP contribution in [0.5, 0.6) is 0 Å². The summed E-state index contributed by atoms with van der Waals surface area (Å²) < 4.78 is 13.1. The second-order valence-electron chi connectivity index (χ2n) is 3.53. The monoisotopic (exact) mass is 215 g/mol. The van der Waals surface area contributed by atoms with Crippen molar-refractivity contribution in [3.05, 3.63) is 30.1 Å². The van der Waals surface area contributed by atoms with Crippen molar-refractivity contribution in [3.63, 3.8) is 0 Å². The van der Waals surface area contributed by atoms with Crippen molar-refractivity contribution >= 4 is 11.8 Å². The predicted molar refractivity (Wildman–Crippen MR) is 56.8 cm³/mol. The fourth-order valence-corrected chi connectivity index (χ4v) is 1.81. The molecule has 0 saturated carbocycles. The van der Waals surface area contributed by atoms with Gasteiger partial charge in [-0.15, -0.1) is 11.8 Å². The summed E-state index contributed by atoms with van der Waals surface area (Å²) in [5, 5.41) is 8.91. The highest BCUT2D eigenvalue weighted by Gasteiger charge is 2.17. The molecule has 0 bridgehead atoms. The Morgan fingerprint density at radius 1 is 1.50 bits per heavy atom. The molecular weight excluding hydrogens is 201 g/mol. The molecule has 0 spiro atoms. The fraction of sp³-hybridized carbons (Fsp3) is 0.400. The number of nitrogens with two attached hydrogens (primary N) is 1. The van der Waals surface area contributed by atoms with E-state index in [-0.39, 0.29) is 12.4 Å². The molecule has 3 N–H and O–H groups in total. The Morgan fingerprint density at radius 3 is 2.71 bits per heavy atom. The minimum atomic E-state index is -0.660. The van der Waals surface area contributed by atoms with Gasteiger partial charge in [0.25, 0.3) is 0 Å². The van der Waals surface area contributed by atoms with E-state index in [1.807, 2.05) is 0 Å². The van der Waals surface area contributed by atoms with Crippen molar-refractivity contribution < 1.29 is 9.50 Å². The second kappa shape index (κ2) is 4.77. The molecule has 0 saturated heterocycles. The van der Waals surface area contributed by atoms with Crippen LogP contribution in [0.1, 0.15) is 6.92 Å². The lowest BCUT2D eigenvalue weighted by atomic mass is 10.1. The molecule has 14 heavy (non-hydrogen) atoms. The summed E-state index contributed by atoms with van der Waals surface area (Å²) in [5.41, 5.74) is 5.06. The maximum atomic E-state index is 13.1. The highest BCUT2D eigenvalue weighted by molar-refractivity contribution is 7.99. The molecule has 78 valence electrons. The van der Waals surface area contributed by atoms with Crippen molar-refractivity contribution in [3.8, 4) is 0 Å². The van der Waals surface area contributed by atoms with Crippen LogP contribution in [-0.4, -0.2) is 23.0 Å². The molecule has 0 heterocycles. The van der Waals surface area contributed by atoms with E-state index in [0.717, 1.165) is 0 Å². The summed E-state index contributed by atoms with van der Waals surface area (Å²) in [5.74, 6) is 0.246. The first-order chi connectivity index (χ1) is 6.55. The number of hydrogen-bond donors (Lipinski definition) is 2. The molecule has 1 atom stereocenters. The molecule has 0 aliphatic rings. The molecule has 1 rings (SSSR count). The van der Waals surface area contributed by atoms with Crippen molar-refractivity contribution in [1.82, 2.24) is 0 Å². The average Bonchev–Trinajstić information content (AvgIpc) is 2.17. The lowest BCUT2D eigenvalue weighted by Crippen LogP contribution is -2.42. The largest absolute Gasteiger partial charge is 0.394 e. The van der Waals surface area contributed by atoms with E-state index < -0.39 is 5.54 Å². The molecule has 0 fully saturated rings. The van der Waals surface area contributed by atoms with Gasteiger partial charge in [-0.3, -0.25) is 0 Å². The van der Waals surface area contributed by atoms with E-state index in [9.17, 15) is 4.39 Å².